The van der Waals surface area contributed by atoms with Gasteiger partial charge < -0.3 is 15.8 Å². The fourth-order valence-electron chi connectivity index (χ4n) is 1.81. The van der Waals surface area contributed by atoms with E-state index in [1.165, 1.54) is 0 Å². The number of anilines is 2. The molecule has 1 aromatic rings. The molecule has 0 aliphatic rings. The van der Waals surface area contributed by atoms with Crippen molar-refractivity contribution < 1.29 is 4.74 Å². The molecular weight excluding hydrogens is 264 g/mol. The molecule has 1 rings (SSSR count). The number of aromatic nitrogens is 2. The first-order valence-corrected chi connectivity index (χ1v) is 7.97. The minimum absolute atomic E-state index is 0.495. The van der Waals surface area contributed by atoms with E-state index in [1.807, 2.05) is 0 Å². The molecule has 0 aliphatic carbocycles. The van der Waals surface area contributed by atoms with Crippen LogP contribution in [0.3, 0.4) is 0 Å². The largest absolute Gasteiger partial charge is 0.476 e. The highest BCUT2D eigenvalue weighted by atomic mass is 16.5. The molecule has 5 nitrogen and oxygen atoms in total. The average molecular weight is 294 g/mol. The van der Waals surface area contributed by atoms with E-state index in [9.17, 15) is 0 Å². The van der Waals surface area contributed by atoms with Crippen LogP contribution in [0.4, 0.5) is 11.5 Å². The Bertz CT molecular complexity index is 433. The van der Waals surface area contributed by atoms with E-state index in [4.69, 9.17) is 10.5 Å². The van der Waals surface area contributed by atoms with Gasteiger partial charge in [0.1, 0.15) is 11.5 Å². The molecule has 0 aliphatic heterocycles. The number of nitrogen functional groups attached to an aromatic ring is 1. The highest BCUT2D eigenvalue weighted by Gasteiger charge is 2.14. The number of hydrogen-bond acceptors (Lipinski definition) is 5. The molecule has 5 heteroatoms. The lowest BCUT2D eigenvalue weighted by Gasteiger charge is -2.15. The van der Waals surface area contributed by atoms with E-state index in [-0.39, 0.29) is 0 Å². The van der Waals surface area contributed by atoms with E-state index >= 15 is 0 Å². The lowest BCUT2D eigenvalue weighted by Crippen LogP contribution is -2.15. The van der Waals surface area contributed by atoms with Crippen LogP contribution in [0.15, 0.2) is 0 Å². The predicted molar refractivity (Wildman–Crippen MR) is 88.7 cm³/mol. The second-order valence-electron chi connectivity index (χ2n) is 6.28. The maximum absolute atomic E-state index is 6.14. The van der Waals surface area contributed by atoms with Gasteiger partial charge >= 0.3 is 0 Å². The van der Waals surface area contributed by atoms with Crippen molar-refractivity contribution in [3.05, 3.63) is 5.82 Å². The first-order chi connectivity index (χ1) is 9.93. The van der Waals surface area contributed by atoms with Crippen LogP contribution >= 0.6 is 0 Å². The molecule has 0 radical (unpaired) electrons. The summed E-state index contributed by atoms with van der Waals surface area (Å²) in [6.45, 7) is 12.2. The number of nitrogens with zero attached hydrogens (tertiary/aromatic N) is 2. The second-order valence-corrected chi connectivity index (χ2v) is 6.28. The summed E-state index contributed by atoms with van der Waals surface area (Å²) < 4.78 is 5.73. The average Bonchev–Trinajstić information content (AvgIpc) is 2.39. The van der Waals surface area contributed by atoms with Gasteiger partial charge in [-0.15, -0.1) is 0 Å². The van der Waals surface area contributed by atoms with Crippen LogP contribution in [0.5, 0.6) is 5.88 Å². The molecule has 0 amide bonds. The molecule has 21 heavy (non-hydrogen) atoms. The van der Waals surface area contributed by atoms with Crippen molar-refractivity contribution >= 4 is 11.5 Å². The zero-order chi connectivity index (χ0) is 15.8. The van der Waals surface area contributed by atoms with Crippen LogP contribution in [0.1, 0.15) is 53.3 Å². The molecular formula is C16H30N4O. The Labute approximate surface area is 128 Å². The van der Waals surface area contributed by atoms with E-state index in [0.29, 0.717) is 35.8 Å². The first-order valence-electron chi connectivity index (χ1n) is 7.97. The highest BCUT2D eigenvalue weighted by molar-refractivity contribution is 5.66. The Balaban J connectivity index is 2.94. The van der Waals surface area contributed by atoms with Gasteiger partial charge in [-0.05, 0) is 18.3 Å². The summed E-state index contributed by atoms with van der Waals surface area (Å²) in [5.74, 6) is 3.02. The Hall–Kier alpha value is -1.52. The first kappa shape index (κ1) is 17.5. The fraction of sp³-hybridized carbons (Fsp3) is 0.750. The molecule has 1 aromatic heterocycles. The van der Waals surface area contributed by atoms with Crippen LogP contribution in [-0.2, 0) is 6.42 Å². The molecule has 1 heterocycles. The third-order valence-corrected chi connectivity index (χ3v) is 2.96. The summed E-state index contributed by atoms with van der Waals surface area (Å²) >= 11 is 0. The third kappa shape index (κ3) is 6.19. The van der Waals surface area contributed by atoms with E-state index in [0.717, 1.165) is 31.6 Å². The van der Waals surface area contributed by atoms with Crippen LogP contribution in [0.2, 0.25) is 0 Å². The molecule has 0 aromatic carbocycles. The molecule has 0 saturated carbocycles. The Morgan fingerprint density at radius 1 is 1.14 bits per heavy atom. The van der Waals surface area contributed by atoms with Gasteiger partial charge in [0.25, 0.3) is 0 Å². The Morgan fingerprint density at radius 2 is 1.86 bits per heavy atom. The number of ether oxygens (including phenoxy) is 1. The zero-order valence-electron chi connectivity index (χ0n) is 14.1. The molecule has 0 fully saturated rings. The Kier molecular flexibility index (Phi) is 7.26. The number of nitrogens with one attached hydrogen (secondary N) is 1. The predicted octanol–water partition coefficient (Wildman–Crippen LogP) is 3.50. The van der Waals surface area contributed by atoms with Gasteiger partial charge in [0.15, 0.2) is 5.82 Å². The monoisotopic (exact) mass is 294 g/mol. The van der Waals surface area contributed by atoms with Crippen LogP contribution < -0.4 is 15.8 Å². The summed E-state index contributed by atoms with van der Waals surface area (Å²) in [6, 6.07) is 0. The van der Waals surface area contributed by atoms with Crippen molar-refractivity contribution in [3.63, 3.8) is 0 Å². The van der Waals surface area contributed by atoms with Gasteiger partial charge in [-0.1, -0.05) is 41.0 Å². The van der Waals surface area contributed by atoms with Gasteiger partial charge in [-0.2, -0.15) is 4.98 Å². The molecule has 120 valence electrons. The molecule has 0 atom stereocenters. The lowest BCUT2D eigenvalue weighted by molar-refractivity contribution is 0.298. The molecule has 3 N–H and O–H groups in total. The van der Waals surface area contributed by atoms with E-state index in [2.05, 4.69) is 49.9 Å². The van der Waals surface area contributed by atoms with Crippen molar-refractivity contribution in [3.8, 4) is 5.88 Å². The van der Waals surface area contributed by atoms with Crippen LogP contribution in [-0.4, -0.2) is 23.1 Å². The number of hydrogen-bond donors (Lipinski definition) is 2. The summed E-state index contributed by atoms with van der Waals surface area (Å²) in [4.78, 5) is 9.02. The smallest absolute Gasteiger partial charge is 0.242 e. The van der Waals surface area contributed by atoms with E-state index in [1.54, 1.807) is 0 Å². The zero-order valence-corrected chi connectivity index (χ0v) is 14.1. The second kappa shape index (κ2) is 8.70. The molecule has 0 unspecified atom stereocenters. The fourth-order valence-corrected chi connectivity index (χ4v) is 1.81. The minimum atomic E-state index is 0.495. The molecule has 0 spiro atoms. The minimum Gasteiger partial charge on any atom is -0.476 e. The van der Waals surface area contributed by atoms with Crippen molar-refractivity contribution in [2.24, 2.45) is 11.8 Å². The van der Waals surface area contributed by atoms with Gasteiger partial charge in [-0.25, -0.2) is 4.98 Å². The SMILES string of the molecule is CCCCOc1nc(CC(C)C)nc(NCC(C)C)c1N. The van der Waals surface area contributed by atoms with Crippen molar-refractivity contribution in [1.29, 1.82) is 0 Å². The Morgan fingerprint density at radius 3 is 2.43 bits per heavy atom. The maximum Gasteiger partial charge on any atom is 0.242 e. The summed E-state index contributed by atoms with van der Waals surface area (Å²) in [6.07, 6.45) is 2.90. The quantitative estimate of drug-likeness (QED) is 0.682. The van der Waals surface area contributed by atoms with Crippen molar-refractivity contribution in [2.75, 3.05) is 24.2 Å². The highest BCUT2D eigenvalue weighted by Crippen LogP contribution is 2.27. The van der Waals surface area contributed by atoms with Crippen LogP contribution in [0, 0.1) is 11.8 Å². The topological polar surface area (TPSA) is 73.1 Å². The van der Waals surface area contributed by atoms with E-state index < -0.39 is 0 Å². The van der Waals surface area contributed by atoms with Gasteiger partial charge in [-0.3, -0.25) is 0 Å². The van der Waals surface area contributed by atoms with Crippen molar-refractivity contribution in [1.82, 2.24) is 9.97 Å². The van der Waals surface area contributed by atoms with Gasteiger partial charge in [0, 0.05) is 13.0 Å². The third-order valence-electron chi connectivity index (χ3n) is 2.96. The maximum atomic E-state index is 6.14. The number of nitrogens with two attached hydrogens (primary N) is 1. The molecule has 0 bridgehead atoms. The number of unbranched alkanes of at least 4 members (excludes halogenated alkanes) is 1. The van der Waals surface area contributed by atoms with Crippen molar-refractivity contribution in [2.45, 2.75) is 53.9 Å². The summed E-state index contributed by atoms with van der Waals surface area (Å²) in [5, 5.41) is 3.30. The van der Waals surface area contributed by atoms with Crippen LogP contribution in [0.25, 0.3) is 0 Å². The van der Waals surface area contributed by atoms with Gasteiger partial charge in [0.05, 0.1) is 6.61 Å². The molecule has 0 saturated heterocycles. The van der Waals surface area contributed by atoms with Gasteiger partial charge in [0.2, 0.25) is 5.88 Å². The lowest BCUT2D eigenvalue weighted by atomic mass is 10.1. The standard InChI is InChI=1S/C16H30N4O/c1-6-7-8-21-16-14(17)15(18-10-12(4)5)19-13(20-16)9-11(2)3/h11-12H,6-10,17H2,1-5H3,(H,18,19,20). The summed E-state index contributed by atoms with van der Waals surface area (Å²) in [5.41, 5.74) is 6.65. The normalized spacial score (nSPS) is 11.2. The summed E-state index contributed by atoms with van der Waals surface area (Å²) in [7, 11) is 0. The number of rotatable bonds is 9.